The van der Waals surface area contributed by atoms with Crippen LogP contribution < -0.4 is 10.6 Å². The molecule has 24 heavy (non-hydrogen) atoms. The number of hydrogen-bond acceptors (Lipinski definition) is 3. The monoisotopic (exact) mass is 332 g/mol. The van der Waals surface area contributed by atoms with Crippen LogP contribution in [0.25, 0.3) is 11.3 Å². The maximum absolute atomic E-state index is 12.9. The standard InChI is InChI=1S/C17H21FN4O2/c1-4-10(2)19-16(23)11(3)20-17(24)15-9-14(21-22-15)12-5-7-13(18)8-6-12/h5-11H,4H2,1-3H3,(H,19,23)(H,20,24)(H,21,22). The van der Waals surface area contributed by atoms with Crippen LogP contribution in [0.5, 0.6) is 0 Å². The molecular weight excluding hydrogens is 311 g/mol. The minimum Gasteiger partial charge on any atom is -0.352 e. The van der Waals surface area contributed by atoms with Crippen LogP contribution in [0.3, 0.4) is 0 Å². The van der Waals surface area contributed by atoms with Crippen molar-refractivity contribution in [3.63, 3.8) is 0 Å². The first-order valence-electron chi connectivity index (χ1n) is 7.83. The maximum atomic E-state index is 12.9. The molecule has 2 atom stereocenters. The fourth-order valence-electron chi connectivity index (χ4n) is 2.02. The van der Waals surface area contributed by atoms with E-state index in [0.29, 0.717) is 11.3 Å². The average molecular weight is 332 g/mol. The van der Waals surface area contributed by atoms with Crippen LogP contribution in [-0.4, -0.2) is 34.1 Å². The normalized spacial score (nSPS) is 13.2. The Morgan fingerprint density at radius 2 is 1.88 bits per heavy atom. The Hall–Kier alpha value is -2.70. The number of nitrogens with zero attached hydrogens (tertiary/aromatic N) is 1. The van der Waals surface area contributed by atoms with Gasteiger partial charge in [0.15, 0.2) is 0 Å². The van der Waals surface area contributed by atoms with Gasteiger partial charge in [0.2, 0.25) is 5.91 Å². The first-order chi connectivity index (χ1) is 11.4. The van der Waals surface area contributed by atoms with E-state index in [2.05, 4.69) is 20.8 Å². The fourth-order valence-corrected chi connectivity index (χ4v) is 2.02. The number of carbonyl (C=O) groups excluding carboxylic acids is 2. The molecule has 0 saturated heterocycles. The van der Waals surface area contributed by atoms with Gasteiger partial charge in [-0.1, -0.05) is 6.92 Å². The van der Waals surface area contributed by atoms with Crippen molar-refractivity contribution in [2.75, 3.05) is 0 Å². The van der Waals surface area contributed by atoms with Gasteiger partial charge in [0.1, 0.15) is 17.6 Å². The van der Waals surface area contributed by atoms with E-state index in [1.54, 1.807) is 25.1 Å². The zero-order valence-corrected chi connectivity index (χ0v) is 13.9. The van der Waals surface area contributed by atoms with E-state index in [9.17, 15) is 14.0 Å². The Bertz CT molecular complexity index is 712. The number of nitrogens with one attached hydrogen (secondary N) is 3. The molecule has 0 fully saturated rings. The second-order valence-corrected chi connectivity index (χ2v) is 5.69. The summed E-state index contributed by atoms with van der Waals surface area (Å²) >= 11 is 0. The molecule has 2 rings (SSSR count). The molecule has 0 aliphatic rings. The molecule has 7 heteroatoms. The summed E-state index contributed by atoms with van der Waals surface area (Å²) < 4.78 is 12.9. The van der Waals surface area contributed by atoms with E-state index in [-0.39, 0.29) is 23.5 Å². The van der Waals surface area contributed by atoms with Gasteiger partial charge in [0.25, 0.3) is 5.91 Å². The lowest BCUT2D eigenvalue weighted by molar-refractivity contribution is -0.123. The van der Waals surface area contributed by atoms with Gasteiger partial charge in [0, 0.05) is 11.6 Å². The summed E-state index contributed by atoms with van der Waals surface area (Å²) in [6.07, 6.45) is 0.813. The highest BCUT2D eigenvalue weighted by Crippen LogP contribution is 2.18. The van der Waals surface area contributed by atoms with Crippen LogP contribution in [0.1, 0.15) is 37.7 Å². The van der Waals surface area contributed by atoms with E-state index in [0.717, 1.165) is 6.42 Å². The summed E-state index contributed by atoms with van der Waals surface area (Å²) in [6.45, 7) is 5.49. The molecule has 1 aromatic heterocycles. The molecule has 0 saturated carbocycles. The lowest BCUT2D eigenvalue weighted by Gasteiger charge is -2.17. The third-order valence-electron chi connectivity index (χ3n) is 3.70. The number of rotatable bonds is 6. The number of H-pyrrole nitrogens is 1. The van der Waals surface area contributed by atoms with Crippen LogP contribution in [0, 0.1) is 5.82 Å². The zero-order valence-electron chi connectivity index (χ0n) is 13.9. The summed E-state index contributed by atoms with van der Waals surface area (Å²) in [5.41, 5.74) is 1.45. The molecule has 3 N–H and O–H groups in total. The Labute approximate surface area is 139 Å². The molecule has 1 aromatic carbocycles. The lowest BCUT2D eigenvalue weighted by atomic mass is 10.1. The number of benzene rings is 1. The molecule has 0 aliphatic carbocycles. The molecule has 2 amide bonds. The predicted molar refractivity (Wildman–Crippen MR) is 88.8 cm³/mol. The van der Waals surface area contributed by atoms with Crippen molar-refractivity contribution in [1.29, 1.82) is 0 Å². The van der Waals surface area contributed by atoms with Crippen molar-refractivity contribution in [1.82, 2.24) is 20.8 Å². The van der Waals surface area contributed by atoms with Crippen molar-refractivity contribution in [2.24, 2.45) is 0 Å². The van der Waals surface area contributed by atoms with E-state index >= 15 is 0 Å². The largest absolute Gasteiger partial charge is 0.352 e. The molecule has 2 aromatic rings. The quantitative estimate of drug-likeness (QED) is 0.758. The number of amides is 2. The Morgan fingerprint density at radius 1 is 1.21 bits per heavy atom. The average Bonchev–Trinajstić information content (AvgIpc) is 3.05. The van der Waals surface area contributed by atoms with Gasteiger partial charge in [0.05, 0.1) is 5.69 Å². The van der Waals surface area contributed by atoms with Crippen LogP contribution in [-0.2, 0) is 4.79 Å². The predicted octanol–water partition coefficient (Wildman–Crippen LogP) is 2.25. The number of aromatic amines is 1. The Kier molecular flexibility index (Phi) is 5.68. The number of halogens is 1. The minimum atomic E-state index is -0.663. The van der Waals surface area contributed by atoms with Gasteiger partial charge in [-0.15, -0.1) is 0 Å². The number of carbonyl (C=O) groups is 2. The molecule has 0 radical (unpaired) electrons. The highest BCUT2D eigenvalue weighted by Gasteiger charge is 2.19. The molecule has 0 bridgehead atoms. The highest BCUT2D eigenvalue weighted by atomic mass is 19.1. The summed E-state index contributed by atoms with van der Waals surface area (Å²) in [5.74, 6) is -1.01. The highest BCUT2D eigenvalue weighted by molar-refractivity contribution is 5.96. The molecular formula is C17H21FN4O2. The second kappa shape index (κ2) is 7.72. The summed E-state index contributed by atoms with van der Waals surface area (Å²) in [5, 5.41) is 12.1. The van der Waals surface area contributed by atoms with Crippen LogP contribution in [0.15, 0.2) is 30.3 Å². The van der Waals surface area contributed by atoms with Crippen LogP contribution in [0.2, 0.25) is 0 Å². The first-order valence-corrected chi connectivity index (χ1v) is 7.83. The molecule has 128 valence electrons. The van der Waals surface area contributed by atoms with E-state index in [1.807, 2.05) is 13.8 Å². The molecule has 0 aliphatic heterocycles. The van der Waals surface area contributed by atoms with Gasteiger partial charge in [-0.2, -0.15) is 5.10 Å². The number of aromatic nitrogens is 2. The molecule has 2 unspecified atom stereocenters. The Morgan fingerprint density at radius 3 is 2.50 bits per heavy atom. The minimum absolute atomic E-state index is 0.0501. The molecule has 0 spiro atoms. The third kappa shape index (κ3) is 4.41. The van der Waals surface area contributed by atoms with Gasteiger partial charge in [-0.3, -0.25) is 14.7 Å². The maximum Gasteiger partial charge on any atom is 0.269 e. The van der Waals surface area contributed by atoms with Crippen LogP contribution >= 0.6 is 0 Å². The fraction of sp³-hybridized carbons (Fsp3) is 0.353. The first kappa shape index (κ1) is 17.7. The van der Waals surface area contributed by atoms with Crippen molar-refractivity contribution in [3.05, 3.63) is 41.8 Å². The van der Waals surface area contributed by atoms with E-state index in [4.69, 9.17) is 0 Å². The summed E-state index contributed by atoms with van der Waals surface area (Å²) in [6, 6.07) is 6.75. The second-order valence-electron chi connectivity index (χ2n) is 5.69. The van der Waals surface area contributed by atoms with E-state index in [1.165, 1.54) is 12.1 Å². The van der Waals surface area contributed by atoms with Gasteiger partial charge in [-0.05, 0) is 50.6 Å². The van der Waals surface area contributed by atoms with E-state index < -0.39 is 11.9 Å². The van der Waals surface area contributed by atoms with Crippen LogP contribution in [0.4, 0.5) is 4.39 Å². The number of hydrogen-bond donors (Lipinski definition) is 3. The SMILES string of the molecule is CCC(C)NC(=O)C(C)NC(=O)c1cc(-c2ccc(F)cc2)n[nH]1. The van der Waals surface area contributed by atoms with Gasteiger partial charge in [-0.25, -0.2) is 4.39 Å². The zero-order chi connectivity index (χ0) is 17.7. The summed E-state index contributed by atoms with van der Waals surface area (Å²) in [4.78, 5) is 24.1. The van der Waals surface area contributed by atoms with Crippen molar-refractivity contribution >= 4 is 11.8 Å². The summed E-state index contributed by atoms with van der Waals surface area (Å²) in [7, 11) is 0. The van der Waals surface area contributed by atoms with Gasteiger partial charge < -0.3 is 10.6 Å². The van der Waals surface area contributed by atoms with Gasteiger partial charge >= 0.3 is 0 Å². The smallest absolute Gasteiger partial charge is 0.269 e. The molecule has 6 nitrogen and oxygen atoms in total. The van der Waals surface area contributed by atoms with Crippen molar-refractivity contribution < 1.29 is 14.0 Å². The topological polar surface area (TPSA) is 86.9 Å². The Balaban J connectivity index is 2.00. The molecule has 1 heterocycles. The van der Waals surface area contributed by atoms with Crippen molar-refractivity contribution in [2.45, 2.75) is 39.3 Å². The lowest BCUT2D eigenvalue weighted by Crippen LogP contribution is -2.47. The third-order valence-corrected chi connectivity index (χ3v) is 3.70. The van der Waals surface area contributed by atoms with Crippen molar-refractivity contribution in [3.8, 4) is 11.3 Å².